The van der Waals surface area contributed by atoms with Gasteiger partial charge >= 0.3 is 6.03 Å². The summed E-state index contributed by atoms with van der Waals surface area (Å²) in [5, 5.41) is 5.37. The maximum atomic E-state index is 12.7. The Labute approximate surface area is 170 Å². The summed E-state index contributed by atoms with van der Waals surface area (Å²) in [6.45, 7) is 0.476. The minimum absolute atomic E-state index is 0.0319. The largest absolute Gasteiger partial charge is 0.337 e. The van der Waals surface area contributed by atoms with Gasteiger partial charge in [-0.05, 0) is 48.4 Å². The molecule has 0 saturated heterocycles. The summed E-state index contributed by atoms with van der Waals surface area (Å²) in [5.41, 5.74) is 3.32. The summed E-state index contributed by atoms with van der Waals surface area (Å²) in [5.74, 6) is -0.155. The second-order valence-corrected chi connectivity index (χ2v) is 8.80. The number of nitrogens with zero attached hydrogens (tertiary/aromatic N) is 2. The van der Waals surface area contributed by atoms with E-state index in [1.165, 1.54) is 4.31 Å². The van der Waals surface area contributed by atoms with Gasteiger partial charge in [0.1, 0.15) is 0 Å². The van der Waals surface area contributed by atoms with Gasteiger partial charge in [0.05, 0.1) is 11.4 Å². The zero-order valence-corrected chi connectivity index (χ0v) is 16.6. The maximum absolute atomic E-state index is 12.7. The van der Waals surface area contributed by atoms with Crippen molar-refractivity contribution in [3.63, 3.8) is 0 Å². The lowest BCUT2D eigenvalue weighted by molar-refractivity contribution is 0.252. The highest BCUT2D eigenvalue weighted by molar-refractivity contribution is 7.92. The molecule has 0 aliphatic carbocycles. The average Bonchev–Trinajstić information content (AvgIpc) is 3.38. The van der Waals surface area contributed by atoms with Crippen molar-refractivity contribution in [2.75, 3.05) is 28.5 Å². The summed E-state index contributed by atoms with van der Waals surface area (Å²) >= 11 is 0. The monoisotopic (exact) mass is 410 g/mol. The highest BCUT2D eigenvalue weighted by Gasteiger charge is 2.28. The fourth-order valence-corrected chi connectivity index (χ4v) is 4.85. The van der Waals surface area contributed by atoms with Gasteiger partial charge in [0.15, 0.2) is 0 Å². The molecule has 150 valence electrons. The van der Waals surface area contributed by atoms with E-state index in [0.29, 0.717) is 18.7 Å². The second-order valence-electron chi connectivity index (χ2n) is 6.79. The molecule has 2 N–H and O–H groups in total. The molecule has 0 spiro atoms. The average molecular weight is 410 g/mol. The van der Waals surface area contributed by atoms with Crippen LogP contribution in [0.1, 0.15) is 5.56 Å². The number of fused-ring (bicyclic) bond motifs is 1. The van der Waals surface area contributed by atoms with E-state index in [2.05, 4.69) is 10.6 Å². The standard InChI is InChI=1S/C21H22N4O3S/c26-21(23-18-7-5-8-19(16-18)24-12-3-4-13-24)22-11-15-29(27,28)25-14-10-17-6-1-2-9-20(17)25/h1-9,12-13,16H,10-11,14-15H2,(H2,22,23,26). The number of para-hydroxylation sites is 1. The molecule has 0 saturated carbocycles. The first-order valence-corrected chi connectivity index (χ1v) is 11.0. The first-order valence-electron chi connectivity index (χ1n) is 9.39. The molecule has 8 heteroatoms. The third-order valence-electron chi connectivity index (χ3n) is 4.83. The smallest absolute Gasteiger partial charge is 0.319 e. The number of urea groups is 1. The number of hydrogen-bond donors (Lipinski definition) is 2. The van der Waals surface area contributed by atoms with Gasteiger partial charge in [0.25, 0.3) is 0 Å². The van der Waals surface area contributed by atoms with Gasteiger partial charge in [-0.2, -0.15) is 0 Å². The molecular formula is C21H22N4O3S. The van der Waals surface area contributed by atoms with Crippen molar-refractivity contribution >= 4 is 27.4 Å². The van der Waals surface area contributed by atoms with Gasteiger partial charge in [-0.1, -0.05) is 24.3 Å². The van der Waals surface area contributed by atoms with E-state index in [4.69, 9.17) is 0 Å². The molecule has 2 heterocycles. The van der Waals surface area contributed by atoms with Gasteiger partial charge in [-0.15, -0.1) is 0 Å². The Hall–Kier alpha value is -3.26. The Morgan fingerprint density at radius 3 is 2.62 bits per heavy atom. The van der Waals surface area contributed by atoms with E-state index >= 15 is 0 Å². The molecule has 1 aromatic heterocycles. The van der Waals surface area contributed by atoms with Crippen LogP contribution >= 0.6 is 0 Å². The number of rotatable bonds is 6. The summed E-state index contributed by atoms with van der Waals surface area (Å²) in [4.78, 5) is 12.2. The molecule has 7 nitrogen and oxygen atoms in total. The molecule has 1 aliphatic rings. The predicted octanol–water partition coefficient (Wildman–Crippen LogP) is 2.99. The highest BCUT2D eigenvalue weighted by atomic mass is 32.2. The van der Waals surface area contributed by atoms with Gasteiger partial charge < -0.3 is 15.2 Å². The third-order valence-corrected chi connectivity index (χ3v) is 6.60. The number of amides is 2. The van der Waals surface area contributed by atoms with E-state index in [9.17, 15) is 13.2 Å². The fraction of sp³-hybridized carbons (Fsp3) is 0.190. The number of anilines is 2. The number of nitrogens with one attached hydrogen (secondary N) is 2. The number of aromatic nitrogens is 1. The molecule has 29 heavy (non-hydrogen) atoms. The van der Waals surface area contributed by atoms with Crippen LogP contribution in [0.2, 0.25) is 0 Å². The van der Waals surface area contributed by atoms with Crippen LogP contribution in [-0.4, -0.2) is 37.9 Å². The van der Waals surface area contributed by atoms with Crippen molar-refractivity contribution in [3.8, 4) is 5.69 Å². The fourth-order valence-electron chi connectivity index (χ4n) is 3.43. The van der Waals surface area contributed by atoms with Gasteiger partial charge in [0, 0.05) is 36.9 Å². The predicted molar refractivity (Wildman–Crippen MR) is 114 cm³/mol. The third kappa shape index (κ3) is 4.27. The Morgan fingerprint density at radius 1 is 1.00 bits per heavy atom. The second kappa shape index (κ2) is 8.00. The highest BCUT2D eigenvalue weighted by Crippen LogP contribution is 2.29. The van der Waals surface area contributed by atoms with Gasteiger partial charge in [-0.3, -0.25) is 4.31 Å². The SMILES string of the molecule is O=C(NCCS(=O)(=O)N1CCc2ccccc21)Nc1cccc(-n2cccc2)c1. The molecule has 2 aromatic carbocycles. The Balaban J connectivity index is 1.32. The van der Waals surface area contributed by atoms with Crippen LogP contribution in [0.3, 0.4) is 0 Å². The first-order chi connectivity index (χ1) is 14.0. The normalized spacial score (nSPS) is 13.2. The van der Waals surface area contributed by atoms with E-state index in [1.807, 2.05) is 71.6 Å². The van der Waals surface area contributed by atoms with Crippen LogP contribution in [0, 0.1) is 0 Å². The number of carbonyl (C=O) groups excluding carboxylic acids is 1. The Kier molecular flexibility index (Phi) is 5.26. The molecule has 0 atom stereocenters. The molecule has 0 fully saturated rings. The minimum atomic E-state index is -3.49. The molecule has 0 radical (unpaired) electrons. The van der Waals surface area contributed by atoms with Crippen molar-refractivity contribution in [1.29, 1.82) is 0 Å². The van der Waals surface area contributed by atoms with Crippen LogP contribution < -0.4 is 14.9 Å². The lowest BCUT2D eigenvalue weighted by atomic mass is 10.2. The Bertz CT molecular complexity index is 1110. The molecule has 3 aromatic rings. The van der Waals surface area contributed by atoms with Crippen molar-refractivity contribution in [3.05, 3.63) is 78.6 Å². The van der Waals surface area contributed by atoms with Crippen LogP contribution in [0.4, 0.5) is 16.2 Å². The molecule has 0 unspecified atom stereocenters. The van der Waals surface area contributed by atoms with Crippen molar-refractivity contribution in [2.24, 2.45) is 0 Å². The van der Waals surface area contributed by atoms with Gasteiger partial charge in [-0.25, -0.2) is 13.2 Å². The molecular weight excluding hydrogens is 388 g/mol. The van der Waals surface area contributed by atoms with E-state index < -0.39 is 16.1 Å². The zero-order chi connectivity index (χ0) is 20.3. The lowest BCUT2D eigenvalue weighted by Crippen LogP contribution is -2.38. The minimum Gasteiger partial charge on any atom is -0.337 e. The number of carbonyl (C=O) groups is 1. The van der Waals surface area contributed by atoms with Gasteiger partial charge in [0.2, 0.25) is 10.0 Å². The summed E-state index contributed by atoms with van der Waals surface area (Å²) in [6.07, 6.45) is 4.54. The lowest BCUT2D eigenvalue weighted by Gasteiger charge is -2.19. The van der Waals surface area contributed by atoms with Crippen molar-refractivity contribution < 1.29 is 13.2 Å². The van der Waals surface area contributed by atoms with Crippen LogP contribution in [0.15, 0.2) is 73.1 Å². The maximum Gasteiger partial charge on any atom is 0.319 e. The summed E-state index contributed by atoms with van der Waals surface area (Å²) in [6, 6.07) is 18.3. The number of hydrogen-bond acceptors (Lipinski definition) is 3. The number of sulfonamides is 1. The van der Waals surface area contributed by atoms with E-state index in [1.54, 1.807) is 6.07 Å². The topological polar surface area (TPSA) is 83.4 Å². The van der Waals surface area contributed by atoms with E-state index in [-0.39, 0.29) is 12.3 Å². The first kappa shape index (κ1) is 19.1. The van der Waals surface area contributed by atoms with Crippen LogP contribution in [-0.2, 0) is 16.4 Å². The van der Waals surface area contributed by atoms with Crippen LogP contribution in [0.25, 0.3) is 5.69 Å². The zero-order valence-electron chi connectivity index (χ0n) is 15.8. The number of benzene rings is 2. The molecule has 2 amide bonds. The quantitative estimate of drug-likeness (QED) is 0.655. The van der Waals surface area contributed by atoms with Crippen molar-refractivity contribution in [2.45, 2.75) is 6.42 Å². The summed E-state index contributed by atoms with van der Waals surface area (Å²) in [7, 11) is -3.49. The molecule has 0 bridgehead atoms. The summed E-state index contributed by atoms with van der Waals surface area (Å²) < 4.78 is 28.7. The van der Waals surface area contributed by atoms with Crippen LogP contribution in [0.5, 0.6) is 0 Å². The Morgan fingerprint density at radius 2 is 1.79 bits per heavy atom. The van der Waals surface area contributed by atoms with Crippen molar-refractivity contribution in [1.82, 2.24) is 9.88 Å². The molecule has 1 aliphatic heterocycles. The van der Waals surface area contributed by atoms with E-state index in [0.717, 1.165) is 16.9 Å². The molecule has 4 rings (SSSR count).